The molecule has 2 rings (SSSR count). The number of anilines is 2. The topological polar surface area (TPSA) is 73.6 Å². The summed E-state index contributed by atoms with van der Waals surface area (Å²) in [6.45, 7) is 1.85. The first kappa shape index (κ1) is 14.7. The lowest BCUT2D eigenvalue weighted by molar-refractivity contribution is 0.102. The number of amides is 1. The van der Waals surface area contributed by atoms with Crippen molar-refractivity contribution >= 4 is 17.3 Å². The van der Waals surface area contributed by atoms with Gasteiger partial charge in [0.05, 0.1) is 19.8 Å². The summed E-state index contributed by atoms with van der Waals surface area (Å²) in [5.74, 6) is 0.900. The van der Waals surface area contributed by atoms with Gasteiger partial charge in [-0.2, -0.15) is 0 Å². The minimum atomic E-state index is -0.252. The van der Waals surface area contributed by atoms with Gasteiger partial charge in [0.1, 0.15) is 0 Å². The highest BCUT2D eigenvalue weighted by Crippen LogP contribution is 2.30. The van der Waals surface area contributed by atoms with E-state index in [1.54, 1.807) is 38.5 Å². The summed E-state index contributed by atoms with van der Waals surface area (Å²) in [7, 11) is 3.10. The van der Waals surface area contributed by atoms with Crippen LogP contribution in [0.3, 0.4) is 0 Å². The molecule has 5 heteroatoms. The maximum Gasteiger partial charge on any atom is 0.258 e. The Labute approximate surface area is 123 Å². The van der Waals surface area contributed by atoms with E-state index >= 15 is 0 Å². The maximum absolute atomic E-state index is 12.3. The second-order valence-electron chi connectivity index (χ2n) is 4.56. The Kier molecular flexibility index (Phi) is 4.33. The van der Waals surface area contributed by atoms with Gasteiger partial charge in [-0.05, 0) is 30.7 Å². The molecule has 110 valence electrons. The molecule has 3 N–H and O–H groups in total. The van der Waals surface area contributed by atoms with Gasteiger partial charge in [0.15, 0.2) is 11.5 Å². The van der Waals surface area contributed by atoms with Crippen LogP contribution in [0.4, 0.5) is 11.4 Å². The van der Waals surface area contributed by atoms with Crippen LogP contribution in [0.2, 0.25) is 0 Å². The van der Waals surface area contributed by atoms with Crippen LogP contribution < -0.4 is 20.5 Å². The monoisotopic (exact) mass is 286 g/mol. The molecule has 0 spiro atoms. The third-order valence-corrected chi connectivity index (χ3v) is 3.17. The fraction of sp³-hybridized carbons (Fsp3) is 0.188. The largest absolute Gasteiger partial charge is 0.493 e. The predicted octanol–water partition coefficient (Wildman–Crippen LogP) is 2.85. The smallest absolute Gasteiger partial charge is 0.258 e. The molecule has 0 aliphatic carbocycles. The van der Waals surface area contributed by atoms with Gasteiger partial charge in [0.2, 0.25) is 0 Å². The van der Waals surface area contributed by atoms with Crippen molar-refractivity contribution in [3.63, 3.8) is 0 Å². The number of nitrogen functional groups attached to an aromatic ring is 1. The molecule has 0 aliphatic heterocycles. The first-order chi connectivity index (χ1) is 10.1. The van der Waals surface area contributed by atoms with Crippen molar-refractivity contribution in [1.29, 1.82) is 0 Å². The van der Waals surface area contributed by atoms with Crippen LogP contribution in [0.5, 0.6) is 11.5 Å². The van der Waals surface area contributed by atoms with Crippen molar-refractivity contribution in [3.8, 4) is 11.5 Å². The second kappa shape index (κ2) is 6.17. The van der Waals surface area contributed by atoms with Crippen molar-refractivity contribution in [2.24, 2.45) is 0 Å². The number of carbonyl (C=O) groups is 1. The number of nitrogens with two attached hydrogens (primary N) is 1. The Hall–Kier alpha value is -2.69. The van der Waals surface area contributed by atoms with Crippen LogP contribution in [0.25, 0.3) is 0 Å². The molecule has 2 aromatic carbocycles. The van der Waals surface area contributed by atoms with Gasteiger partial charge in [0, 0.05) is 17.4 Å². The molecule has 0 heterocycles. The van der Waals surface area contributed by atoms with Gasteiger partial charge in [-0.15, -0.1) is 0 Å². The number of rotatable bonds is 4. The first-order valence-electron chi connectivity index (χ1n) is 6.45. The van der Waals surface area contributed by atoms with Gasteiger partial charge in [-0.3, -0.25) is 4.79 Å². The molecule has 0 aliphatic rings. The van der Waals surface area contributed by atoms with Crippen LogP contribution in [0.1, 0.15) is 15.9 Å². The molecule has 0 bridgehead atoms. The zero-order chi connectivity index (χ0) is 15.4. The number of aryl methyl sites for hydroxylation is 1. The molecular formula is C16H18N2O3. The summed E-state index contributed by atoms with van der Waals surface area (Å²) in [5.41, 5.74) is 8.24. The van der Waals surface area contributed by atoms with E-state index in [-0.39, 0.29) is 5.91 Å². The quantitative estimate of drug-likeness (QED) is 0.848. The van der Waals surface area contributed by atoms with E-state index in [1.165, 1.54) is 0 Å². The molecule has 0 radical (unpaired) electrons. The van der Waals surface area contributed by atoms with Crippen LogP contribution in [-0.2, 0) is 0 Å². The Balaban J connectivity index is 2.28. The van der Waals surface area contributed by atoms with E-state index in [4.69, 9.17) is 15.2 Å². The number of hydrogen-bond acceptors (Lipinski definition) is 4. The Bertz CT molecular complexity index is 648. The fourth-order valence-corrected chi connectivity index (χ4v) is 2.11. The zero-order valence-corrected chi connectivity index (χ0v) is 12.3. The Morgan fingerprint density at radius 3 is 2.43 bits per heavy atom. The highest BCUT2D eigenvalue weighted by atomic mass is 16.5. The summed E-state index contributed by atoms with van der Waals surface area (Å²) < 4.78 is 10.4. The van der Waals surface area contributed by atoms with Crippen molar-refractivity contribution in [3.05, 3.63) is 47.5 Å². The lowest BCUT2D eigenvalue weighted by Crippen LogP contribution is -2.15. The van der Waals surface area contributed by atoms with Gasteiger partial charge in [-0.25, -0.2) is 0 Å². The van der Waals surface area contributed by atoms with Crippen molar-refractivity contribution in [2.45, 2.75) is 6.92 Å². The van der Waals surface area contributed by atoms with Crippen molar-refractivity contribution < 1.29 is 14.3 Å². The van der Waals surface area contributed by atoms with Gasteiger partial charge in [0.25, 0.3) is 5.91 Å². The number of carbonyl (C=O) groups excluding carboxylic acids is 1. The molecule has 0 atom stereocenters. The van der Waals surface area contributed by atoms with Crippen molar-refractivity contribution in [2.75, 3.05) is 25.3 Å². The molecule has 0 fully saturated rings. The summed E-state index contributed by atoms with van der Waals surface area (Å²) in [4.78, 5) is 12.3. The number of nitrogens with one attached hydrogen (secondary N) is 1. The molecule has 2 aromatic rings. The molecule has 5 nitrogen and oxygen atoms in total. The predicted molar refractivity (Wildman–Crippen MR) is 83.1 cm³/mol. The molecule has 0 unspecified atom stereocenters. The van der Waals surface area contributed by atoms with E-state index in [0.29, 0.717) is 28.4 Å². The van der Waals surface area contributed by atoms with E-state index in [9.17, 15) is 4.79 Å². The van der Waals surface area contributed by atoms with E-state index < -0.39 is 0 Å². The van der Waals surface area contributed by atoms with Gasteiger partial charge >= 0.3 is 0 Å². The minimum Gasteiger partial charge on any atom is -0.493 e. The molecule has 21 heavy (non-hydrogen) atoms. The zero-order valence-electron chi connectivity index (χ0n) is 12.3. The normalized spacial score (nSPS) is 10.0. The van der Waals surface area contributed by atoms with Crippen LogP contribution in [0.15, 0.2) is 36.4 Å². The SMILES string of the molecule is COc1ccc(NC(=O)c2c(C)cccc2N)cc1OC. The van der Waals surface area contributed by atoms with E-state index in [1.807, 2.05) is 19.1 Å². The summed E-state index contributed by atoms with van der Waals surface area (Å²) >= 11 is 0. The minimum absolute atomic E-state index is 0.252. The summed E-state index contributed by atoms with van der Waals surface area (Å²) in [6, 6.07) is 10.5. The average Bonchev–Trinajstić information content (AvgIpc) is 2.46. The second-order valence-corrected chi connectivity index (χ2v) is 4.56. The number of hydrogen-bond donors (Lipinski definition) is 2. The number of methoxy groups -OCH3 is 2. The maximum atomic E-state index is 12.3. The lowest BCUT2D eigenvalue weighted by atomic mass is 10.1. The standard InChI is InChI=1S/C16H18N2O3/c1-10-5-4-6-12(17)15(10)16(19)18-11-7-8-13(20-2)14(9-11)21-3/h4-9H,17H2,1-3H3,(H,18,19). The number of ether oxygens (including phenoxy) is 2. The van der Waals surface area contributed by atoms with Gasteiger partial charge < -0.3 is 20.5 Å². The highest BCUT2D eigenvalue weighted by Gasteiger charge is 2.13. The summed E-state index contributed by atoms with van der Waals surface area (Å²) in [5, 5.41) is 2.81. The average molecular weight is 286 g/mol. The van der Waals surface area contributed by atoms with E-state index in [2.05, 4.69) is 5.32 Å². The Morgan fingerprint density at radius 2 is 1.81 bits per heavy atom. The highest BCUT2D eigenvalue weighted by molar-refractivity contribution is 6.08. The number of benzene rings is 2. The van der Waals surface area contributed by atoms with Crippen molar-refractivity contribution in [1.82, 2.24) is 0 Å². The fourth-order valence-electron chi connectivity index (χ4n) is 2.11. The molecule has 0 aromatic heterocycles. The summed E-state index contributed by atoms with van der Waals surface area (Å²) in [6.07, 6.45) is 0. The van der Waals surface area contributed by atoms with Crippen LogP contribution in [-0.4, -0.2) is 20.1 Å². The molecule has 0 saturated carbocycles. The lowest BCUT2D eigenvalue weighted by Gasteiger charge is -2.12. The molecule has 1 amide bonds. The first-order valence-corrected chi connectivity index (χ1v) is 6.45. The van der Waals surface area contributed by atoms with Crippen LogP contribution >= 0.6 is 0 Å². The molecule has 0 saturated heterocycles. The Morgan fingerprint density at radius 1 is 1.10 bits per heavy atom. The van der Waals surface area contributed by atoms with Gasteiger partial charge in [-0.1, -0.05) is 12.1 Å². The third-order valence-electron chi connectivity index (χ3n) is 3.17. The van der Waals surface area contributed by atoms with E-state index in [0.717, 1.165) is 5.56 Å². The molecular weight excluding hydrogens is 268 g/mol. The third kappa shape index (κ3) is 3.08. The van der Waals surface area contributed by atoms with Crippen LogP contribution in [0, 0.1) is 6.92 Å².